The number of allylic oxidation sites excluding steroid dienone is 1. The van der Waals surface area contributed by atoms with Crippen LogP contribution in [0.25, 0.3) is 11.4 Å². The average molecular weight is 327 g/mol. The van der Waals surface area contributed by atoms with Crippen LogP contribution in [0.5, 0.6) is 5.75 Å². The number of amides is 2. The van der Waals surface area contributed by atoms with Crippen molar-refractivity contribution in [3.8, 4) is 17.1 Å². The number of rotatable bonds is 5. The normalized spacial score (nSPS) is 16.6. The van der Waals surface area contributed by atoms with Gasteiger partial charge in [-0.05, 0) is 43.5 Å². The molecule has 1 aromatic carbocycles. The summed E-state index contributed by atoms with van der Waals surface area (Å²) in [4.78, 5) is 16.3. The van der Waals surface area contributed by atoms with Gasteiger partial charge in [0.2, 0.25) is 0 Å². The molecule has 126 valence electrons. The molecule has 1 aliphatic rings. The molecule has 1 heterocycles. The van der Waals surface area contributed by atoms with Gasteiger partial charge in [0.05, 0.1) is 13.7 Å². The maximum atomic E-state index is 11.9. The number of hydrogen-bond acceptors (Lipinski definition) is 4. The maximum absolute atomic E-state index is 11.9. The first kappa shape index (κ1) is 16.0. The number of aromatic amines is 1. The maximum Gasteiger partial charge on any atom is 0.315 e. The number of carbonyl (C=O) groups is 1. The van der Waals surface area contributed by atoms with Crippen LogP contribution in [0.15, 0.2) is 36.4 Å². The summed E-state index contributed by atoms with van der Waals surface area (Å²) in [5.74, 6) is 1.98. The molecule has 1 atom stereocenters. The molecule has 7 nitrogen and oxygen atoms in total. The molecule has 1 unspecified atom stereocenters. The zero-order valence-electron chi connectivity index (χ0n) is 13.6. The van der Waals surface area contributed by atoms with Crippen molar-refractivity contribution in [1.29, 1.82) is 0 Å². The Kier molecular flexibility index (Phi) is 5.10. The minimum atomic E-state index is -0.200. The Bertz CT molecular complexity index is 708. The number of urea groups is 1. The van der Waals surface area contributed by atoms with Crippen LogP contribution in [0.2, 0.25) is 0 Å². The molecule has 0 saturated heterocycles. The van der Waals surface area contributed by atoms with Crippen molar-refractivity contribution in [3.05, 3.63) is 42.2 Å². The standard InChI is InChI=1S/C17H21N5O2/c1-24-14-9-7-12(8-10-14)16-20-15(21-22-16)11-18-17(23)19-13-5-3-2-4-6-13/h3,5,7-10,13H,2,4,6,11H2,1H3,(H2,18,19,23)(H,20,21,22). The van der Waals surface area contributed by atoms with Crippen molar-refractivity contribution in [2.24, 2.45) is 0 Å². The molecule has 0 aliphatic heterocycles. The van der Waals surface area contributed by atoms with E-state index in [1.165, 1.54) is 0 Å². The topological polar surface area (TPSA) is 91.9 Å². The summed E-state index contributed by atoms with van der Waals surface area (Å²) in [5.41, 5.74) is 0.884. The van der Waals surface area contributed by atoms with Crippen LogP contribution in [-0.4, -0.2) is 34.4 Å². The fourth-order valence-corrected chi connectivity index (χ4v) is 2.56. The summed E-state index contributed by atoms with van der Waals surface area (Å²) < 4.78 is 5.13. The Morgan fingerprint density at radius 3 is 2.92 bits per heavy atom. The molecule has 1 aliphatic carbocycles. The van der Waals surface area contributed by atoms with E-state index in [2.05, 4.69) is 31.9 Å². The fourth-order valence-electron chi connectivity index (χ4n) is 2.56. The van der Waals surface area contributed by atoms with Gasteiger partial charge in [-0.2, -0.15) is 5.10 Å². The molecule has 0 spiro atoms. The van der Waals surface area contributed by atoms with E-state index in [1.54, 1.807) is 7.11 Å². The lowest BCUT2D eigenvalue weighted by Crippen LogP contribution is -2.41. The SMILES string of the molecule is COc1ccc(-c2n[nH]c(CNC(=O)NC3C=CCCC3)n2)cc1. The smallest absolute Gasteiger partial charge is 0.315 e. The number of H-pyrrole nitrogens is 1. The van der Waals surface area contributed by atoms with Crippen LogP contribution in [0.1, 0.15) is 25.1 Å². The van der Waals surface area contributed by atoms with E-state index in [0.29, 0.717) is 18.2 Å². The summed E-state index contributed by atoms with van der Waals surface area (Å²) in [7, 11) is 1.62. The Morgan fingerprint density at radius 2 is 2.21 bits per heavy atom. The van der Waals surface area contributed by atoms with Crippen molar-refractivity contribution in [2.45, 2.75) is 31.8 Å². The monoisotopic (exact) mass is 327 g/mol. The molecule has 24 heavy (non-hydrogen) atoms. The van der Waals surface area contributed by atoms with Gasteiger partial charge in [0.1, 0.15) is 11.6 Å². The third-order valence-electron chi connectivity index (χ3n) is 3.87. The number of benzene rings is 1. The first-order valence-electron chi connectivity index (χ1n) is 8.01. The molecule has 3 N–H and O–H groups in total. The first-order valence-corrected chi connectivity index (χ1v) is 8.01. The Labute approximate surface area is 140 Å². The highest BCUT2D eigenvalue weighted by Gasteiger charge is 2.12. The molecular weight excluding hydrogens is 306 g/mol. The summed E-state index contributed by atoms with van der Waals surface area (Å²) in [6.07, 6.45) is 7.32. The lowest BCUT2D eigenvalue weighted by molar-refractivity contribution is 0.237. The number of ether oxygens (including phenoxy) is 1. The molecule has 2 amide bonds. The van der Waals surface area contributed by atoms with Crippen LogP contribution >= 0.6 is 0 Å². The molecule has 7 heteroatoms. The predicted molar refractivity (Wildman–Crippen MR) is 90.5 cm³/mol. The zero-order chi connectivity index (χ0) is 16.8. The number of nitrogens with zero attached hydrogens (tertiary/aromatic N) is 2. The van der Waals surface area contributed by atoms with Crippen molar-refractivity contribution < 1.29 is 9.53 Å². The van der Waals surface area contributed by atoms with Crippen LogP contribution in [0, 0.1) is 0 Å². The highest BCUT2D eigenvalue weighted by atomic mass is 16.5. The van der Waals surface area contributed by atoms with Crippen molar-refractivity contribution in [2.75, 3.05) is 7.11 Å². The summed E-state index contributed by atoms with van der Waals surface area (Å²) in [6, 6.07) is 7.41. The number of hydrogen-bond donors (Lipinski definition) is 3. The van der Waals surface area contributed by atoms with Gasteiger partial charge in [-0.1, -0.05) is 12.2 Å². The average Bonchev–Trinajstić information content (AvgIpc) is 3.10. The summed E-state index contributed by atoms with van der Waals surface area (Å²) >= 11 is 0. The van der Waals surface area contributed by atoms with Crippen molar-refractivity contribution >= 4 is 6.03 Å². The summed E-state index contributed by atoms with van der Waals surface area (Å²) in [5, 5.41) is 12.7. The number of aromatic nitrogens is 3. The van der Waals surface area contributed by atoms with Gasteiger partial charge in [0.25, 0.3) is 0 Å². The minimum absolute atomic E-state index is 0.114. The Morgan fingerprint density at radius 1 is 1.38 bits per heavy atom. The van der Waals surface area contributed by atoms with Crippen LogP contribution < -0.4 is 15.4 Å². The van der Waals surface area contributed by atoms with E-state index < -0.39 is 0 Å². The fraction of sp³-hybridized carbons (Fsp3) is 0.353. The molecule has 2 aromatic rings. The van der Waals surface area contributed by atoms with Gasteiger partial charge in [0, 0.05) is 11.6 Å². The second-order valence-electron chi connectivity index (χ2n) is 5.63. The second-order valence-corrected chi connectivity index (χ2v) is 5.63. The molecule has 3 rings (SSSR count). The highest BCUT2D eigenvalue weighted by Crippen LogP contribution is 2.18. The van der Waals surface area contributed by atoms with Crippen molar-refractivity contribution in [3.63, 3.8) is 0 Å². The molecule has 1 aromatic heterocycles. The molecule has 0 saturated carbocycles. The van der Waals surface area contributed by atoms with Gasteiger partial charge in [-0.15, -0.1) is 0 Å². The van der Waals surface area contributed by atoms with Gasteiger partial charge in [0.15, 0.2) is 5.82 Å². The third-order valence-corrected chi connectivity index (χ3v) is 3.87. The van der Waals surface area contributed by atoms with Crippen molar-refractivity contribution in [1.82, 2.24) is 25.8 Å². The zero-order valence-corrected chi connectivity index (χ0v) is 13.6. The molecular formula is C17H21N5O2. The number of nitrogens with one attached hydrogen (secondary N) is 3. The molecule has 0 radical (unpaired) electrons. The third kappa shape index (κ3) is 4.13. The van der Waals surface area contributed by atoms with E-state index >= 15 is 0 Å². The van der Waals surface area contributed by atoms with Crippen LogP contribution in [0.4, 0.5) is 4.79 Å². The minimum Gasteiger partial charge on any atom is -0.497 e. The van der Waals surface area contributed by atoms with Gasteiger partial charge < -0.3 is 15.4 Å². The van der Waals surface area contributed by atoms with Gasteiger partial charge in [-0.3, -0.25) is 5.10 Å². The van der Waals surface area contributed by atoms with E-state index in [-0.39, 0.29) is 12.1 Å². The Hall–Kier alpha value is -2.83. The van der Waals surface area contributed by atoms with E-state index in [0.717, 1.165) is 30.6 Å². The number of methoxy groups -OCH3 is 1. The second kappa shape index (κ2) is 7.63. The lowest BCUT2D eigenvalue weighted by Gasteiger charge is -2.17. The van der Waals surface area contributed by atoms with Crippen LogP contribution in [-0.2, 0) is 6.54 Å². The summed E-state index contributed by atoms with van der Waals surface area (Å²) in [6.45, 7) is 0.297. The largest absolute Gasteiger partial charge is 0.497 e. The lowest BCUT2D eigenvalue weighted by atomic mass is 10.0. The van der Waals surface area contributed by atoms with Gasteiger partial charge >= 0.3 is 6.03 Å². The first-order chi connectivity index (χ1) is 11.7. The molecule has 0 fully saturated rings. The predicted octanol–water partition coefficient (Wildman–Crippen LogP) is 2.39. The van der Waals surface area contributed by atoms with E-state index in [4.69, 9.17) is 4.74 Å². The van der Waals surface area contributed by atoms with Gasteiger partial charge in [-0.25, -0.2) is 9.78 Å². The number of carbonyl (C=O) groups excluding carboxylic acids is 1. The quantitative estimate of drug-likeness (QED) is 0.735. The van der Waals surface area contributed by atoms with E-state index in [1.807, 2.05) is 30.3 Å². The highest BCUT2D eigenvalue weighted by molar-refractivity contribution is 5.74. The Balaban J connectivity index is 1.52. The molecule has 0 bridgehead atoms. The van der Waals surface area contributed by atoms with Crippen LogP contribution in [0.3, 0.4) is 0 Å². The van der Waals surface area contributed by atoms with E-state index in [9.17, 15) is 4.79 Å².